The van der Waals surface area contributed by atoms with E-state index in [4.69, 9.17) is 9.15 Å². The Labute approximate surface area is 190 Å². The molecule has 3 aromatic rings. The molecule has 0 unspecified atom stereocenters. The van der Waals surface area contributed by atoms with Gasteiger partial charge in [-0.05, 0) is 61.5 Å². The van der Waals surface area contributed by atoms with E-state index in [0.29, 0.717) is 6.54 Å². The van der Waals surface area contributed by atoms with Crippen LogP contribution in [0.5, 0.6) is 5.75 Å². The van der Waals surface area contributed by atoms with E-state index in [1.54, 1.807) is 46.6 Å². The second kappa shape index (κ2) is 9.56. The van der Waals surface area contributed by atoms with Gasteiger partial charge in [0.15, 0.2) is 17.3 Å². The highest BCUT2D eigenvalue weighted by Gasteiger charge is 2.34. The van der Waals surface area contributed by atoms with Gasteiger partial charge in [0.1, 0.15) is 13.2 Å². The molecule has 0 N–H and O–H groups in total. The van der Waals surface area contributed by atoms with E-state index in [1.165, 1.54) is 22.1 Å². The van der Waals surface area contributed by atoms with Crippen LogP contribution in [0.25, 0.3) is 0 Å². The van der Waals surface area contributed by atoms with Crippen molar-refractivity contribution in [1.29, 1.82) is 0 Å². The van der Waals surface area contributed by atoms with Crippen LogP contribution >= 0.6 is 11.3 Å². The Morgan fingerprint density at radius 3 is 2.78 bits per heavy atom. The SMILES string of the molecule is CC(C)N(CC(=O)N1CCc2sccc2[C@H]1COc1ccccc1F)C(=O)c1ccco1. The van der Waals surface area contributed by atoms with Crippen molar-refractivity contribution >= 4 is 23.2 Å². The van der Waals surface area contributed by atoms with Gasteiger partial charge in [-0.3, -0.25) is 9.59 Å². The number of nitrogens with zero attached hydrogens (tertiary/aromatic N) is 2. The van der Waals surface area contributed by atoms with E-state index in [-0.39, 0.29) is 48.6 Å². The van der Waals surface area contributed by atoms with Crippen LogP contribution < -0.4 is 4.74 Å². The van der Waals surface area contributed by atoms with Crippen molar-refractivity contribution in [3.63, 3.8) is 0 Å². The van der Waals surface area contributed by atoms with Gasteiger partial charge in [0.25, 0.3) is 5.91 Å². The van der Waals surface area contributed by atoms with E-state index < -0.39 is 5.82 Å². The molecule has 0 aliphatic carbocycles. The normalized spacial score (nSPS) is 15.5. The zero-order valence-electron chi connectivity index (χ0n) is 18.0. The van der Waals surface area contributed by atoms with Crippen molar-refractivity contribution in [3.8, 4) is 5.75 Å². The summed E-state index contributed by atoms with van der Waals surface area (Å²) in [6.45, 7) is 4.29. The molecule has 1 aromatic carbocycles. The molecule has 0 bridgehead atoms. The van der Waals surface area contributed by atoms with Gasteiger partial charge in [0.2, 0.25) is 5.91 Å². The summed E-state index contributed by atoms with van der Waals surface area (Å²) in [5.41, 5.74) is 1.01. The molecule has 0 spiro atoms. The standard InChI is InChI=1S/C24H25FN2O4S/c1-16(2)27(24(29)21-8-5-12-30-21)14-23(28)26-11-9-22-17(10-13-32-22)19(26)15-31-20-7-4-3-6-18(20)25/h3-8,10,12-13,16,19H,9,11,14-15H2,1-2H3/t19-/m1/s1. The molecule has 6 nitrogen and oxygen atoms in total. The number of ether oxygens (including phenoxy) is 1. The number of halogens is 1. The summed E-state index contributed by atoms with van der Waals surface area (Å²) in [5, 5.41) is 2.00. The van der Waals surface area contributed by atoms with Crippen molar-refractivity contribution in [2.45, 2.75) is 32.4 Å². The Morgan fingerprint density at radius 1 is 1.25 bits per heavy atom. The van der Waals surface area contributed by atoms with Crippen LogP contribution in [0.4, 0.5) is 4.39 Å². The molecule has 168 valence electrons. The van der Waals surface area contributed by atoms with Crippen LogP contribution in [0.2, 0.25) is 0 Å². The van der Waals surface area contributed by atoms with Crippen LogP contribution in [0.1, 0.15) is 40.9 Å². The first-order chi connectivity index (χ1) is 15.5. The van der Waals surface area contributed by atoms with Crippen molar-refractivity contribution in [1.82, 2.24) is 9.80 Å². The van der Waals surface area contributed by atoms with E-state index in [2.05, 4.69) is 0 Å². The van der Waals surface area contributed by atoms with Gasteiger partial charge in [-0.2, -0.15) is 0 Å². The molecule has 0 saturated heterocycles. The number of benzene rings is 1. The molecule has 8 heteroatoms. The maximum Gasteiger partial charge on any atom is 0.290 e. The number of para-hydroxylation sites is 1. The summed E-state index contributed by atoms with van der Waals surface area (Å²) in [4.78, 5) is 30.7. The molecule has 0 saturated carbocycles. The number of carbonyl (C=O) groups is 2. The monoisotopic (exact) mass is 456 g/mol. The number of hydrogen-bond acceptors (Lipinski definition) is 5. The number of rotatable bonds is 7. The van der Waals surface area contributed by atoms with E-state index in [1.807, 2.05) is 25.3 Å². The summed E-state index contributed by atoms with van der Waals surface area (Å²) >= 11 is 1.65. The molecule has 2 aromatic heterocycles. The second-order valence-electron chi connectivity index (χ2n) is 7.90. The van der Waals surface area contributed by atoms with Crippen molar-refractivity contribution < 1.29 is 23.1 Å². The number of hydrogen-bond donors (Lipinski definition) is 0. The van der Waals surface area contributed by atoms with Gasteiger partial charge < -0.3 is 19.0 Å². The fourth-order valence-corrected chi connectivity index (χ4v) is 4.80. The van der Waals surface area contributed by atoms with Crippen LogP contribution in [-0.2, 0) is 11.2 Å². The molecule has 0 radical (unpaired) electrons. The lowest BCUT2D eigenvalue weighted by atomic mass is 10.00. The molecule has 0 fully saturated rings. The average molecular weight is 457 g/mol. The molecule has 2 amide bonds. The smallest absolute Gasteiger partial charge is 0.290 e. The lowest BCUT2D eigenvalue weighted by Gasteiger charge is -2.37. The fourth-order valence-electron chi connectivity index (χ4n) is 3.87. The average Bonchev–Trinajstić information content (AvgIpc) is 3.48. The van der Waals surface area contributed by atoms with Crippen LogP contribution in [0.3, 0.4) is 0 Å². The highest BCUT2D eigenvalue weighted by molar-refractivity contribution is 7.10. The summed E-state index contributed by atoms with van der Waals surface area (Å²) in [7, 11) is 0. The van der Waals surface area contributed by atoms with Gasteiger partial charge >= 0.3 is 0 Å². The molecule has 1 aliphatic heterocycles. The number of fused-ring (bicyclic) bond motifs is 1. The Morgan fingerprint density at radius 2 is 2.06 bits per heavy atom. The minimum atomic E-state index is -0.443. The topological polar surface area (TPSA) is 63.0 Å². The first-order valence-electron chi connectivity index (χ1n) is 10.5. The summed E-state index contributed by atoms with van der Waals surface area (Å²) in [6.07, 6.45) is 2.18. The zero-order chi connectivity index (χ0) is 22.7. The van der Waals surface area contributed by atoms with Crippen molar-refractivity contribution in [3.05, 3.63) is 76.1 Å². The molecular weight excluding hydrogens is 431 g/mol. The largest absolute Gasteiger partial charge is 0.488 e. The third kappa shape index (κ3) is 4.55. The molecule has 32 heavy (non-hydrogen) atoms. The minimum Gasteiger partial charge on any atom is -0.488 e. The maximum absolute atomic E-state index is 14.1. The molecule has 4 rings (SSSR count). The highest BCUT2D eigenvalue weighted by atomic mass is 32.1. The zero-order valence-corrected chi connectivity index (χ0v) is 18.8. The van der Waals surface area contributed by atoms with Gasteiger partial charge in [-0.15, -0.1) is 11.3 Å². The Hall–Kier alpha value is -3.13. The third-order valence-corrected chi connectivity index (χ3v) is 6.57. The van der Waals surface area contributed by atoms with Crippen molar-refractivity contribution in [2.24, 2.45) is 0 Å². The first kappa shape index (κ1) is 22.1. The Balaban J connectivity index is 1.53. The Kier molecular flexibility index (Phi) is 6.60. The van der Waals surface area contributed by atoms with Crippen LogP contribution in [-0.4, -0.2) is 47.4 Å². The lowest BCUT2D eigenvalue weighted by Crippen LogP contribution is -2.49. The van der Waals surface area contributed by atoms with Crippen LogP contribution in [0.15, 0.2) is 58.5 Å². The number of carbonyl (C=O) groups excluding carboxylic acids is 2. The fraction of sp³-hybridized carbons (Fsp3) is 0.333. The maximum atomic E-state index is 14.1. The van der Waals surface area contributed by atoms with E-state index in [9.17, 15) is 14.0 Å². The van der Waals surface area contributed by atoms with Gasteiger partial charge in [-0.1, -0.05) is 12.1 Å². The number of amides is 2. The highest BCUT2D eigenvalue weighted by Crippen LogP contribution is 2.34. The van der Waals surface area contributed by atoms with Crippen molar-refractivity contribution in [2.75, 3.05) is 19.7 Å². The Bertz CT molecular complexity index is 1080. The molecule has 3 heterocycles. The predicted molar refractivity (Wildman–Crippen MR) is 119 cm³/mol. The summed E-state index contributed by atoms with van der Waals surface area (Å²) in [5.74, 6) is -0.603. The van der Waals surface area contributed by atoms with Gasteiger partial charge in [-0.25, -0.2) is 4.39 Å². The van der Waals surface area contributed by atoms with Gasteiger partial charge in [0.05, 0.1) is 12.3 Å². The molecular formula is C24H25FN2O4S. The third-order valence-electron chi connectivity index (χ3n) is 5.57. The van der Waals surface area contributed by atoms with Crippen LogP contribution in [0, 0.1) is 5.82 Å². The minimum absolute atomic E-state index is 0.0765. The summed E-state index contributed by atoms with van der Waals surface area (Å²) in [6, 6.07) is 10.9. The quantitative estimate of drug-likeness (QED) is 0.524. The number of furan rings is 1. The lowest BCUT2D eigenvalue weighted by molar-refractivity contribution is -0.136. The molecule has 1 atom stereocenters. The first-order valence-corrected chi connectivity index (χ1v) is 11.4. The predicted octanol–water partition coefficient (Wildman–Crippen LogP) is 4.54. The van der Waals surface area contributed by atoms with E-state index >= 15 is 0 Å². The summed E-state index contributed by atoms with van der Waals surface area (Å²) < 4.78 is 25.1. The van der Waals surface area contributed by atoms with Gasteiger partial charge in [0, 0.05) is 17.5 Å². The number of thiophene rings is 1. The second-order valence-corrected chi connectivity index (χ2v) is 8.90. The molecule has 1 aliphatic rings. The van der Waals surface area contributed by atoms with E-state index in [0.717, 1.165) is 12.0 Å².